The van der Waals surface area contributed by atoms with Gasteiger partial charge in [-0.05, 0) is 108 Å². The van der Waals surface area contributed by atoms with Crippen molar-refractivity contribution in [3.63, 3.8) is 0 Å². The number of rotatable bonds is 7. The molecule has 4 heteroatoms. The van der Waals surface area contributed by atoms with E-state index in [4.69, 9.17) is 0 Å². The third kappa shape index (κ3) is 6.43. The molecule has 0 bridgehead atoms. The Morgan fingerprint density at radius 1 is 0.479 bits per heavy atom. The van der Waals surface area contributed by atoms with Crippen molar-refractivity contribution in [3.05, 3.63) is 173 Å². The topological polar surface area (TPSA) is 40.6 Å². The maximum Gasteiger partial charge on any atom is 0.150 e. The van der Waals surface area contributed by atoms with E-state index in [0.717, 1.165) is 35.2 Å². The Balaban J connectivity index is 0.000000441. The number of hydrogen-bond acceptors (Lipinski definition) is 4. The van der Waals surface area contributed by atoms with Crippen LogP contribution in [-0.2, 0) is 5.41 Å². The number of aldehydes is 2. The number of aryl methyl sites for hydroxylation is 2. The van der Waals surface area contributed by atoms with Gasteiger partial charge in [-0.1, -0.05) is 92.7 Å². The Kier molecular flexibility index (Phi) is 9.09. The molecule has 0 spiro atoms. The summed E-state index contributed by atoms with van der Waals surface area (Å²) >= 11 is 0. The average molecular weight is 629 g/mol. The number of nitrogens with zero attached hydrogens (tertiary/aromatic N) is 2. The lowest BCUT2D eigenvalue weighted by molar-refractivity contribution is 0.111. The summed E-state index contributed by atoms with van der Waals surface area (Å²) in [6.07, 6.45) is 1.74. The fourth-order valence-electron chi connectivity index (χ4n) is 6.53. The van der Waals surface area contributed by atoms with Gasteiger partial charge in [0, 0.05) is 52.0 Å². The molecular formula is C44H40N2O2. The molecule has 0 fully saturated rings. The minimum atomic E-state index is -0.174. The highest BCUT2D eigenvalue weighted by Gasteiger charge is 2.36. The lowest BCUT2D eigenvalue weighted by atomic mass is 9.82. The van der Waals surface area contributed by atoms with Crippen LogP contribution in [0.4, 0.5) is 28.4 Å². The number of benzene rings is 6. The van der Waals surface area contributed by atoms with Gasteiger partial charge in [0.05, 0.1) is 0 Å². The summed E-state index contributed by atoms with van der Waals surface area (Å²) in [6.45, 7) is 8.88. The summed E-state index contributed by atoms with van der Waals surface area (Å²) in [5.74, 6) is 0. The molecule has 0 amide bonds. The van der Waals surface area contributed by atoms with Crippen LogP contribution in [0.25, 0.3) is 11.1 Å². The van der Waals surface area contributed by atoms with E-state index in [9.17, 15) is 9.59 Å². The Morgan fingerprint density at radius 2 is 0.938 bits per heavy atom. The molecular weight excluding hydrogens is 588 g/mol. The van der Waals surface area contributed by atoms with E-state index in [1.54, 1.807) is 12.1 Å². The van der Waals surface area contributed by atoms with Crippen LogP contribution in [-0.4, -0.2) is 19.6 Å². The molecule has 6 aromatic carbocycles. The van der Waals surface area contributed by atoms with Gasteiger partial charge in [0.2, 0.25) is 0 Å². The fraction of sp³-hybridized carbons (Fsp3) is 0.136. The Hall–Kier alpha value is -5.74. The highest BCUT2D eigenvalue weighted by molar-refractivity contribution is 5.88. The van der Waals surface area contributed by atoms with E-state index in [-0.39, 0.29) is 5.41 Å². The van der Waals surface area contributed by atoms with Crippen molar-refractivity contribution in [1.82, 2.24) is 0 Å². The SMILES string of the molecule is Cc1cccc(N(C)c2ccc3c(c2)C(C)(C)c2cc(N(c4cccc(C)c4)c4cccc(C=O)c4)ccc2-3)c1.O=Cc1ccccc1. The number of fused-ring (bicyclic) bond motifs is 3. The maximum atomic E-state index is 11.6. The van der Waals surface area contributed by atoms with Crippen molar-refractivity contribution in [3.8, 4) is 11.1 Å². The van der Waals surface area contributed by atoms with Gasteiger partial charge in [0.15, 0.2) is 0 Å². The lowest BCUT2D eigenvalue weighted by Crippen LogP contribution is -2.17. The van der Waals surface area contributed by atoms with Crippen LogP contribution >= 0.6 is 0 Å². The van der Waals surface area contributed by atoms with E-state index in [1.165, 1.54) is 44.8 Å². The van der Waals surface area contributed by atoms with E-state index >= 15 is 0 Å². The molecule has 4 nitrogen and oxygen atoms in total. The van der Waals surface area contributed by atoms with Crippen LogP contribution in [0.1, 0.15) is 56.8 Å². The number of carbonyl (C=O) groups excluding carboxylic acids is 2. The Morgan fingerprint density at radius 3 is 1.52 bits per heavy atom. The van der Waals surface area contributed by atoms with Gasteiger partial charge in [-0.25, -0.2) is 0 Å². The van der Waals surface area contributed by atoms with Crippen LogP contribution in [0, 0.1) is 13.8 Å². The minimum Gasteiger partial charge on any atom is -0.345 e. The molecule has 0 aromatic heterocycles. The van der Waals surface area contributed by atoms with Gasteiger partial charge in [-0.3, -0.25) is 9.59 Å². The monoisotopic (exact) mass is 628 g/mol. The van der Waals surface area contributed by atoms with Gasteiger partial charge in [0.1, 0.15) is 12.6 Å². The second kappa shape index (κ2) is 13.5. The van der Waals surface area contributed by atoms with Crippen molar-refractivity contribution in [2.24, 2.45) is 0 Å². The number of carbonyl (C=O) groups is 2. The van der Waals surface area contributed by atoms with Crippen molar-refractivity contribution in [2.75, 3.05) is 16.8 Å². The smallest absolute Gasteiger partial charge is 0.150 e. The zero-order valence-electron chi connectivity index (χ0n) is 28.1. The first-order valence-electron chi connectivity index (χ1n) is 16.2. The molecule has 7 rings (SSSR count). The van der Waals surface area contributed by atoms with Gasteiger partial charge in [-0.2, -0.15) is 0 Å². The summed E-state index contributed by atoms with van der Waals surface area (Å²) in [6, 6.07) is 47.7. The van der Waals surface area contributed by atoms with Crippen LogP contribution in [0.3, 0.4) is 0 Å². The van der Waals surface area contributed by atoms with Gasteiger partial charge in [-0.15, -0.1) is 0 Å². The highest BCUT2D eigenvalue weighted by atomic mass is 16.1. The standard InChI is InChI=1S/C37H34N2O.C7H6O/c1-25-9-6-12-28(19-25)38(5)29-15-17-33-34-18-16-32(23-36(34)37(3,4)35(33)22-29)39(30-13-7-10-26(2)20-30)31-14-8-11-27(21-31)24-40;8-6-7-4-2-1-3-5-7/h6-24H,1-5H3;1-6H. The molecule has 0 radical (unpaired) electrons. The summed E-state index contributed by atoms with van der Waals surface area (Å²) in [5, 5.41) is 0. The molecule has 6 aromatic rings. The summed E-state index contributed by atoms with van der Waals surface area (Å²) in [5.41, 5.74) is 14.3. The summed E-state index contributed by atoms with van der Waals surface area (Å²) in [4.78, 5) is 26.1. The zero-order chi connectivity index (χ0) is 33.8. The highest BCUT2D eigenvalue weighted by Crippen LogP contribution is 2.51. The first-order valence-corrected chi connectivity index (χ1v) is 16.2. The largest absolute Gasteiger partial charge is 0.345 e. The third-order valence-corrected chi connectivity index (χ3v) is 9.14. The van der Waals surface area contributed by atoms with E-state index < -0.39 is 0 Å². The second-order valence-corrected chi connectivity index (χ2v) is 12.9. The quantitative estimate of drug-likeness (QED) is 0.165. The first kappa shape index (κ1) is 32.2. The molecule has 0 saturated heterocycles. The lowest BCUT2D eigenvalue weighted by Gasteiger charge is -2.28. The number of hydrogen-bond donors (Lipinski definition) is 0. The molecule has 1 aliphatic carbocycles. The first-order chi connectivity index (χ1) is 23.2. The van der Waals surface area contributed by atoms with Gasteiger partial charge in [0.25, 0.3) is 0 Å². The van der Waals surface area contributed by atoms with Crippen molar-refractivity contribution < 1.29 is 9.59 Å². The third-order valence-electron chi connectivity index (χ3n) is 9.14. The van der Waals surface area contributed by atoms with E-state index in [2.05, 4.69) is 136 Å². The fourth-order valence-corrected chi connectivity index (χ4v) is 6.53. The average Bonchev–Trinajstić information content (AvgIpc) is 3.34. The molecule has 0 aliphatic heterocycles. The van der Waals surface area contributed by atoms with Crippen molar-refractivity contribution >= 4 is 41.0 Å². The normalized spacial score (nSPS) is 12.2. The van der Waals surface area contributed by atoms with E-state index in [1.807, 2.05) is 36.4 Å². The van der Waals surface area contributed by atoms with Crippen LogP contribution in [0.2, 0.25) is 0 Å². The molecule has 0 atom stereocenters. The molecule has 1 aliphatic rings. The predicted octanol–water partition coefficient (Wildman–Crippen LogP) is 11.2. The molecule has 0 saturated carbocycles. The Labute approximate surface area is 283 Å². The molecule has 0 unspecified atom stereocenters. The van der Waals surface area contributed by atoms with Crippen LogP contribution in [0.5, 0.6) is 0 Å². The summed E-state index contributed by atoms with van der Waals surface area (Å²) < 4.78 is 0. The predicted molar refractivity (Wildman–Crippen MR) is 200 cm³/mol. The molecule has 0 heterocycles. The molecule has 0 N–H and O–H groups in total. The van der Waals surface area contributed by atoms with Gasteiger partial charge < -0.3 is 9.80 Å². The van der Waals surface area contributed by atoms with Crippen molar-refractivity contribution in [2.45, 2.75) is 33.1 Å². The minimum absolute atomic E-state index is 0.174. The Bertz CT molecular complexity index is 2100. The van der Waals surface area contributed by atoms with Crippen molar-refractivity contribution in [1.29, 1.82) is 0 Å². The number of anilines is 5. The zero-order valence-corrected chi connectivity index (χ0v) is 28.1. The van der Waals surface area contributed by atoms with E-state index in [0.29, 0.717) is 5.56 Å². The molecule has 238 valence electrons. The maximum absolute atomic E-state index is 11.6. The van der Waals surface area contributed by atoms with Crippen LogP contribution < -0.4 is 9.80 Å². The van der Waals surface area contributed by atoms with Gasteiger partial charge >= 0.3 is 0 Å². The van der Waals surface area contributed by atoms with Crippen LogP contribution in [0.15, 0.2) is 140 Å². The second-order valence-electron chi connectivity index (χ2n) is 12.9. The summed E-state index contributed by atoms with van der Waals surface area (Å²) in [7, 11) is 2.14. The molecule has 48 heavy (non-hydrogen) atoms.